The topological polar surface area (TPSA) is 122 Å². The van der Waals surface area contributed by atoms with E-state index in [4.69, 9.17) is 11.6 Å². The molecule has 1 amide bonds. The monoisotopic (exact) mass is 613 g/mol. The van der Waals surface area contributed by atoms with Crippen LogP contribution in [0.3, 0.4) is 0 Å². The van der Waals surface area contributed by atoms with Crippen molar-refractivity contribution >= 4 is 72.8 Å². The number of carbonyl (C=O) groups is 2. The average molecular weight is 616 g/mol. The number of carboxylic acid groups (broad SMARTS) is 1. The molecular weight excluding hydrogens is 602 g/mol. The molecule has 0 aliphatic heterocycles. The highest BCUT2D eigenvalue weighted by Crippen LogP contribution is 2.37. The predicted octanol–water partition coefficient (Wildman–Crippen LogP) is 5.75. The van der Waals surface area contributed by atoms with Crippen LogP contribution in [0.15, 0.2) is 73.6 Å². The molecule has 1 aromatic heterocycles. The van der Waals surface area contributed by atoms with E-state index in [-0.39, 0.29) is 16.9 Å². The number of nitrogens with zero attached hydrogens (tertiary/aromatic N) is 2. The zero-order chi connectivity index (χ0) is 24.1. The number of halogens is 3. The third-order valence-corrected chi connectivity index (χ3v) is 6.46. The fourth-order valence-electron chi connectivity index (χ4n) is 2.91. The number of aliphatic carboxylic acids is 1. The molecule has 0 saturated heterocycles. The van der Waals surface area contributed by atoms with Gasteiger partial charge in [0.1, 0.15) is 20.8 Å². The number of para-hydroxylation sites is 1. The van der Waals surface area contributed by atoms with Crippen LogP contribution >= 0.6 is 55.2 Å². The van der Waals surface area contributed by atoms with E-state index in [1.165, 1.54) is 18.2 Å². The lowest BCUT2D eigenvalue weighted by Crippen LogP contribution is -2.42. The van der Waals surface area contributed by atoms with Gasteiger partial charge < -0.3 is 10.4 Å². The fourth-order valence-corrected chi connectivity index (χ4v) is 5.20. The van der Waals surface area contributed by atoms with Crippen LogP contribution in [0.4, 0.5) is 5.69 Å². The van der Waals surface area contributed by atoms with Crippen molar-refractivity contribution in [1.82, 2.24) is 10.3 Å². The highest BCUT2D eigenvalue weighted by atomic mass is 79.9. The largest absolute Gasteiger partial charge is 0.480 e. The molecule has 0 radical (unpaired) electrons. The Morgan fingerprint density at radius 3 is 2.36 bits per heavy atom. The van der Waals surface area contributed by atoms with Crippen molar-refractivity contribution in [1.29, 1.82) is 0 Å². The SMILES string of the molecule is O=C(NC(Cc1cc(Br)nc(Br)c1)C(=O)O)c1cccc(Sc2ccc(Cl)cc2)c1[N+](=O)[O-]. The van der Waals surface area contributed by atoms with Gasteiger partial charge in [0.25, 0.3) is 11.6 Å². The second kappa shape index (κ2) is 11.1. The minimum absolute atomic E-state index is 0.0478. The summed E-state index contributed by atoms with van der Waals surface area (Å²) in [6.45, 7) is 0. The molecule has 170 valence electrons. The van der Waals surface area contributed by atoms with Crippen LogP contribution in [0.25, 0.3) is 0 Å². The lowest BCUT2D eigenvalue weighted by atomic mass is 10.1. The molecule has 0 saturated carbocycles. The van der Waals surface area contributed by atoms with Gasteiger partial charge in [0.05, 0.1) is 9.82 Å². The number of rotatable bonds is 8. The van der Waals surface area contributed by atoms with E-state index < -0.39 is 28.5 Å². The van der Waals surface area contributed by atoms with Crippen LogP contribution in [0.1, 0.15) is 15.9 Å². The van der Waals surface area contributed by atoms with E-state index >= 15 is 0 Å². The standard InChI is InChI=1S/C21H14Br2ClN3O5S/c22-17-9-11(10-18(23)26-17)8-15(21(29)30)25-20(28)14-2-1-3-16(19(14)27(31)32)33-13-6-4-12(24)5-7-13/h1-7,9-10,15H,8H2,(H,25,28)(H,29,30). The molecule has 0 fully saturated rings. The van der Waals surface area contributed by atoms with Gasteiger partial charge in [0.15, 0.2) is 0 Å². The Labute approximate surface area is 214 Å². The minimum Gasteiger partial charge on any atom is -0.480 e. The van der Waals surface area contributed by atoms with Gasteiger partial charge in [-0.15, -0.1) is 0 Å². The van der Waals surface area contributed by atoms with Crippen molar-refractivity contribution in [3.63, 3.8) is 0 Å². The van der Waals surface area contributed by atoms with Crippen LogP contribution in [-0.4, -0.2) is 32.9 Å². The molecule has 3 aromatic rings. The van der Waals surface area contributed by atoms with Gasteiger partial charge in [-0.05, 0) is 86.0 Å². The number of nitro benzene ring substituents is 1. The van der Waals surface area contributed by atoms with Crippen molar-refractivity contribution in [2.24, 2.45) is 0 Å². The molecule has 3 rings (SSSR count). The van der Waals surface area contributed by atoms with Gasteiger partial charge in [0.2, 0.25) is 0 Å². The van der Waals surface area contributed by atoms with E-state index in [1.807, 2.05) is 0 Å². The molecule has 0 spiro atoms. The molecule has 1 unspecified atom stereocenters. The van der Waals surface area contributed by atoms with Crippen LogP contribution < -0.4 is 5.32 Å². The first-order valence-electron chi connectivity index (χ1n) is 9.20. The van der Waals surface area contributed by atoms with Gasteiger partial charge in [-0.3, -0.25) is 14.9 Å². The van der Waals surface area contributed by atoms with Gasteiger partial charge in [0, 0.05) is 16.3 Å². The zero-order valence-corrected chi connectivity index (χ0v) is 21.2. The lowest BCUT2D eigenvalue weighted by Gasteiger charge is -2.15. The molecule has 2 N–H and O–H groups in total. The number of pyridine rings is 1. The number of nitrogens with one attached hydrogen (secondary N) is 1. The Bertz CT molecular complexity index is 1210. The summed E-state index contributed by atoms with van der Waals surface area (Å²) in [5, 5.41) is 24.4. The second-order valence-corrected chi connectivity index (χ2v) is 9.83. The number of aromatic nitrogens is 1. The molecule has 33 heavy (non-hydrogen) atoms. The summed E-state index contributed by atoms with van der Waals surface area (Å²) in [5.41, 5.74) is -0.0474. The number of hydrogen-bond donors (Lipinski definition) is 2. The molecule has 12 heteroatoms. The first-order valence-corrected chi connectivity index (χ1v) is 12.0. The Hall–Kier alpha value is -2.47. The molecule has 2 aromatic carbocycles. The average Bonchev–Trinajstić information content (AvgIpc) is 2.73. The fraction of sp³-hybridized carbons (Fsp3) is 0.0952. The molecule has 1 atom stereocenters. The van der Waals surface area contributed by atoms with Crippen molar-refractivity contribution in [2.75, 3.05) is 0 Å². The summed E-state index contributed by atoms with van der Waals surface area (Å²) in [4.78, 5) is 40.9. The maximum atomic E-state index is 12.9. The van der Waals surface area contributed by atoms with E-state index in [0.717, 1.165) is 11.8 Å². The quantitative estimate of drug-likeness (QED) is 0.188. The summed E-state index contributed by atoms with van der Waals surface area (Å²) in [6, 6.07) is 13.0. The number of amides is 1. The molecular formula is C21H14Br2ClN3O5S. The smallest absolute Gasteiger partial charge is 0.326 e. The number of carbonyl (C=O) groups excluding carboxylic acids is 1. The summed E-state index contributed by atoms with van der Waals surface area (Å²) in [5.74, 6) is -2.14. The number of benzene rings is 2. The summed E-state index contributed by atoms with van der Waals surface area (Å²) < 4.78 is 0.981. The maximum absolute atomic E-state index is 12.9. The van der Waals surface area contributed by atoms with Crippen LogP contribution in [0.2, 0.25) is 5.02 Å². The van der Waals surface area contributed by atoms with E-state index in [2.05, 4.69) is 42.2 Å². The van der Waals surface area contributed by atoms with Gasteiger partial charge >= 0.3 is 5.97 Å². The molecule has 1 heterocycles. The lowest BCUT2D eigenvalue weighted by molar-refractivity contribution is -0.388. The highest BCUT2D eigenvalue weighted by molar-refractivity contribution is 9.11. The third kappa shape index (κ3) is 6.76. The number of nitro groups is 1. The molecule has 8 nitrogen and oxygen atoms in total. The third-order valence-electron chi connectivity index (χ3n) is 4.33. The zero-order valence-electron chi connectivity index (χ0n) is 16.5. The van der Waals surface area contributed by atoms with Crippen LogP contribution in [0.5, 0.6) is 0 Å². The first kappa shape index (κ1) is 25.2. The second-order valence-electron chi connectivity index (χ2n) is 6.65. The van der Waals surface area contributed by atoms with Crippen molar-refractivity contribution in [3.05, 3.63) is 90.1 Å². The number of carboxylic acids is 1. The molecule has 0 bridgehead atoms. The Morgan fingerprint density at radius 1 is 1.15 bits per heavy atom. The van der Waals surface area contributed by atoms with Crippen LogP contribution in [0, 0.1) is 10.1 Å². The van der Waals surface area contributed by atoms with Crippen molar-refractivity contribution in [3.8, 4) is 0 Å². The van der Waals surface area contributed by atoms with Gasteiger partial charge in [-0.2, -0.15) is 0 Å². The van der Waals surface area contributed by atoms with Crippen molar-refractivity contribution in [2.45, 2.75) is 22.3 Å². The van der Waals surface area contributed by atoms with E-state index in [0.29, 0.717) is 24.7 Å². The Balaban J connectivity index is 1.88. The Kier molecular flexibility index (Phi) is 8.46. The Morgan fingerprint density at radius 2 is 1.79 bits per heavy atom. The van der Waals surface area contributed by atoms with Gasteiger partial charge in [-0.1, -0.05) is 29.4 Å². The van der Waals surface area contributed by atoms with Gasteiger partial charge in [-0.25, -0.2) is 9.78 Å². The van der Waals surface area contributed by atoms with E-state index in [1.54, 1.807) is 36.4 Å². The normalized spacial score (nSPS) is 11.6. The number of hydrogen-bond acceptors (Lipinski definition) is 6. The molecule has 0 aliphatic carbocycles. The molecule has 0 aliphatic rings. The highest BCUT2D eigenvalue weighted by Gasteiger charge is 2.28. The van der Waals surface area contributed by atoms with Crippen LogP contribution in [-0.2, 0) is 11.2 Å². The minimum atomic E-state index is -1.31. The van der Waals surface area contributed by atoms with Crippen molar-refractivity contribution < 1.29 is 19.6 Å². The first-order chi connectivity index (χ1) is 15.6. The maximum Gasteiger partial charge on any atom is 0.326 e. The van der Waals surface area contributed by atoms with E-state index in [9.17, 15) is 24.8 Å². The summed E-state index contributed by atoms with van der Waals surface area (Å²) in [7, 11) is 0. The summed E-state index contributed by atoms with van der Waals surface area (Å²) in [6.07, 6.45) is -0.0478. The predicted molar refractivity (Wildman–Crippen MR) is 131 cm³/mol. The summed E-state index contributed by atoms with van der Waals surface area (Å²) >= 11 is 13.4.